The second-order valence-corrected chi connectivity index (χ2v) is 5.87. The Morgan fingerprint density at radius 2 is 1.82 bits per heavy atom. The average Bonchev–Trinajstić information content (AvgIpc) is 2.58. The highest BCUT2D eigenvalue weighted by atomic mass is 14.5. The summed E-state index contributed by atoms with van der Waals surface area (Å²) in [6.07, 6.45) is 13.5. The van der Waals surface area contributed by atoms with Crippen LogP contribution >= 0.6 is 0 Å². The van der Waals surface area contributed by atoms with Crippen molar-refractivity contribution in [3.8, 4) is 0 Å². The molecule has 0 heterocycles. The van der Waals surface area contributed by atoms with Gasteiger partial charge in [0.15, 0.2) is 0 Å². The van der Waals surface area contributed by atoms with E-state index in [-0.39, 0.29) is 0 Å². The fourth-order valence-corrected chi connectivity index (χ4v) is 2.94. The molecule has 2 N–H and O–H groups in total. The lowest BCUT2D eigenvalue weighted by molar-refractivity contribution is 0.411. The molecule has 100 valence electrons. The zero-order valence-corrected chi connectivity index (χ0v) is 11.7. The van der Waals surface area contributed by atoms with Crippen molar-refractivity contribution in [1.29, 1.82) is 0 Å². The van der Waals surface area contributed by atoms with Gasteiger partial charge in [0, 0.05) is 0 Å². The summed E-state index contributed by atoms with van der Waals surface area (Å²) >= 11 is 0. The van der Waals surface area contributed by atoms with Gasteiger partial charge in [-0.2, -0.15) is 0 Å². The number of hydrogen-bond acceptors (Lipinski definition) is 1. The van der Waals surface area contributed by atoms with Gasteiger partial charge in [-0.25, -0.2) is 0 Å². The Morgan fingerprint density at radius 1 is 1.12 bits per heavy atom. The van der Waals surface area contributed by atoms with Crippen molar-refractivity contribution in [3.05, 3.63) is 12.2 Å². The SMILES string of the molecule is C=C(CCCC)CCC1CCCC(CN)CC1. The highest BCUT2D eigenvalue weighted by Crippen LogP contribution is 2.30. The van der Waals surface area contributed by atoms with E-state index in [0.717, 1.165) is 18.4 Å². The summed E-state index contributed by atoms with van der Waals surface area (Å²) in [6, 6.07) is 0. The molecule has 0 amide bonds. The van der Waals surface area contributed by atoms with Crippen LogP contribution in [-0.2, 0) is 0 Å². The minimum absolute atomic E-state index is 0.809. The first-order valence-electron chi connectivity index (χ1n) is 7.63. The van der Waals surface area contributed by atoms with E-state index in [9.17, 15) is 0 Å². The minimum Gasteiger partial charge on any atom is -0.330 e. The first-order chi connectivity index (χ1) is 8.26. The van der Waals surface area contributed by atoms with E-state index in [4.69, 9.17) is 5.73 Å². The Hall–Kier alpha value is -0.300. The van der Waals surface area contributed by atoms with E-state index in [1.807, 2.05) is 0 Å². The van der Waals surface area contributed by atoms with E-state index >= 15 is 0 Å². The van der Waals surface area contributed by atoms with Crippen molar-refractivity contribution < 1.29 is 0 Å². The lowest BCUT2D eigenvalue weighted by atomic mass is 9.91. The Balaban J connectivity index is 2.16. The molecule has 0 radical (unpaired) electrons. The molecule has 1 nitrogen and oxygen atoms in total. The van der Waals surface area contributed by atoms with Crippen LogP contribution in [0.15, 0.2) is 12.2 Å². The first-order valence-corrected chi connectivity index (χ1v) is 7.63. The van der Waals surface area contributed by atoms with Gasteiger partial charge in [-0.3, -0.25) is 0 Å². The van der Waals surface area contributed by atoms with E-state index in [2.05, 4.69) is 13.5 Å². The molecular formula is C16H31N. The third kappa shape index (κ3) is 6.26. The molecule has 0 aromatic carbocycles. The molecule has 0 saturated heterocycles. The highest BCUT2D eigenvalue weighted by molar-refractivity contribution is 4.94. The standard InChI is InChI=1S/C16H31N/c1-3-4-6-14(2)9-10-15-7-5-8-16(13-17)12-11-15/h15-16H,2-13,17H2,1H3. The fraction of sp³-hybridized carbons (Fsp3) is 0.875. The lowest BCUT2D eigenvalue weighted by Crippen LogP contribution is -2.13. The normalized spacial score (nSPS) is 25.5. The van der Waals surface area contributed by atoms with Gasteiger partial charge in [0.05, 0.1) is 0 Å². The number of nitrogens with two attached hydrogens (primary N) is 1. The predicted octanol–water partition coefficient (Wildman–Crippen LogP) is 4.67. The van der Waals surface area contributed by atoms with Crippen LogP contribution in [0, 0.1) is 11.8 Å². The summed E-state index contributed by atoms with van der Waals surface area (Å²) in [6.45, 7) is 7.37. The van der Waals surface area contributed by atoms with Crippen molar-refractivity contribution in [2.75, 3.05) is 6.54 Å². The van der Waals surface area contributed by atoms with Gasteiger partial charge in [0.25, 0.3) is 0 Å². The first kappa shape index (κ1) is 14.8. The largest absolute Gasteiger partial charge is 0.330 e. The van der Waals surface area contributed by atoms with Gasteiger partial charge in [-0.1, -0.05) is 44.8 Å². The third-order valence-corrected chi connectivity index (χ3v) is 4.33. The summed E-state index contributed by atoms with van der Waals surface area (Å²) < 4.78 is 0. The maximum absolute atomic E-state index is 5.78. The van der Waals surface area contributed by atoms with Crippen molar-refractivity contribution in [2.45, 2.75) is 71.1 Å². The summed E-state index contributed by atoms with van der Waals surface area (Å²) in [5.74, 6) is 1.76. The van der Waals surface area contributed by atoms with Crippen LogP contribution in [0.4, 0.5) is 0 Å². The van der Waals surface area contributed by atoms with E-state index in [0.29, 0.717) is 0 Å². The Kier molecular flexibility index (Phi) is 7.59. The molecule has 0 aromatic heterocycles. The topological polar surface area (TPSA) is 26.0 Å². The fourth-order valence-electron chi connectivity index (χ4n) is 2.94. The highest BCUT2D eigenvalue weighted by Gasteiger charge is 2.17. The Labute approximate surface area is 108 Å². The van der Waals surface area contributed by atoms with Crippen molar-refractivity contribution >= 4 is 0 Å². The van der Waals surface area contributed by atoms with Crippen molar-refractivity contribution in [1.82, 2.24) is 0 Å². The number of hydrogen-bond donors (Lipinski definition) is 1. The van der Waals surface area contributed by atoms with E-state index < -0.39 is 0 Å². The predicted molar refractivity (Wildman–Crippen MR) is 77.0 cm³/mol. The molecule has 2 atom stereocenters. The molecular weight excluding hydrogens is 206 g/mol. The van der Waals surface area contributed by atoms with Gasteiger partial charge < -0.3 is 5.73 Å². The monoisotopic (exact) mass is 237 g/mol. The van der Waals surface area contributed by atoms with Crippen LogP contribution in [0.1, 0.15) is 71.1 Å². The van der Waals surface area contributed by atoms with Gasteiger partial charge in [-0.05, 0) is 56.9 Å². The Morgan fingerprint density at radius 3 is 2.53 bits per heavy atom. The van der Waals surface area contributed by atoms with Crippen LogP contribution < -0.4 is 5.73 Å². The van der Waals surface area contributed by atoms with Gasteiger partial charge >= 0.3 is 0 Å². The second-order valence-electron chi connectivity index (χ2n) is 5.87. The summed E-state index contributed by atoms with van der Waals surface area (Å²) in [7, 11) is 0. The molecule has 1 rings (SSSR count). The number of rotatable bonds is 7. The lowest BCUT2D eigenvalue weighted by Gasteiger charge is -2.15. The number of unbranched alkanes of at least 4 members (excludes halogenated alkanes) is 1. The zero-order chi connectivity index (χ0) is 12.5. The van der Waals surface area contributed by atoms with Crippen LogP contribution in [0.5, 0.6) is 0 Å². The molecule has 1 heteroatoms. The summed E-state index contributed by atoms with van der Waals surface area (Å²) in [4.78, 5) is 0. The van der Waals surface area contributed by atoms with Gasteiger partial charge in [-0.15, -0.1) is 0 Å². The van der Waals surface area contributed by atoms with Crippen molar-refractivity contribution in [3.63, 3.8) is 0 Å². The molecule has 0 aromatic rings. The molecule has 17 heavy (non-hydrogen) atoms. The van der Waals surface area contributed by atoms with Crippen LogP contribution in [0.3, 0.4) is 0 Å². The quantitative estimate of drug-likeness (QED) is 0.505. The molecule has 2 unspecified atom stereocenters. The minimum atomic E-state index is 0.809. The van der Waals surface area contributed by atoms with Gasteiger partial charge in [0.1, 0.15) is 0 Å². The third-order valence-electron chi connectivity index (χ3n) is 4.33. The number of allylic oxidation sites excluding steroid dienone is 1. The molecule has 0 spiro atoms. The van der Waals surface area contributed by atoms with Crippen LogP contribution in [0.25, 0.3) is 0 Å². The Bertz CT molecular complexity index is 210. The van der Waals surface area contributed by atoms with Gasteiger partial charge in [0.2, 0.25) is 0 Å². The zero-order valence-electron chi connectivity index (χ0n) is 11.7. The van der Waals surface area contributed by atoms with Crippen LogP contribution in [-0.4, -0.2) is 6.54 Å². The van der Waals surface area contributed by atoms with Crippen molar-refractivity contribution in [2.24, 2.45) is 17.6 Å². The summed E-state index contributed by atoms with van der Waals surface area (Å²) in [5, 5.41) is 0. The maximum Gasteiger partial charge on any atom is -0.00489 e. The van der Waals surface area contributed by atoms with E-state index in [1.54, 1.807) is 0 Å². The second kappa shape index (κ2) is 8.74. The summed E-state index contributed by atoms with van der Waals surface area (Å²) in [5.41, 5.74) is 7.26. The van der Waals surface area contributed by atoms with Crippen LogP contribution in [0.2, 0.25) is 0 Å². The molecule has 1 saturated carbocycles. The smallest absolute Gasteiger partial charge is 0.00489 e. The maximum atomic E-state index is 5.78. The molecule has 1 fully saturated rings. The molecule has 1 aliphatic carbocycles. The van der Waals surface area contributed by atoms with E-state index in [1.165, 1.54) is 69.8 Å². The molecule has 0 bridgehead atoms. The molecule has 1 aliphatic rings. The molecule has 0 aliphatic heterocycles. The average molecular weight is 237 g/mol.